The van der Waals surface area contributed by atoms with Gasteiger partial charge in [0.2, 0.25) is 5.91 Å². The zero-order chi connectivity index (χ0) is 27.4. The van der Waals surface area contributed by atoms with Gasteiger partial charge in [0.05, 0.1) is 48.7 Å². The third kappa shape index (κ3) is 4.95. The van der Waals surface area contributed by atoms with E-state index >= 15 is 0 Å². The molecule has 0 saturated carbocycles. The van der Waals surface area contributed by atoms with E-state index in [1.54, 1.807) is 29.2 Å². The van der Waals surface area contributed by atoms with Crippen LogP contribution in [0.3, 0.4) is 0 Å². The summed E-state index contributed by atoms with van der Waals surface area (Å²) >= 11 is 0. The van der Waals surface area contributed by atoms with Crippen LogP contribution in [0.25, 0.3) is 11.3 Å². The van der Waals surface area contributed by atoms with Crippen molar-refractivity contribution in [3.8, 4) is 11.3 Å². The van der Waals surface area contributed by atoms with Crippen LogP contribution in [0, 0.1) is 0 Å². The minimum absolute atomic E-state index is 0.143. The fraction of sp³-hybridized carbons (Fsp3) is 0.577. The van der Waals surface area contributed by atoms with Crippen molar-refractivity contribution < 1.29 is 31.5 Å². The van der Waals surface area contributed by atoms with Crippen LogP contribution in [0.5, 0.6) is 0 Å². The summed E-state index contributed by atoms with van der Waals surface area (Å²) < 4.78 is 60.0. The molecule has 0 radical (unpaired) electrons. The first-order valence-corrected chi connectivity index (χ1v) is 15.0. The molecular formula is C26H31F2N5O5S. The molecule has 3 saturated heterocycles. The van der Waals surface area contributed by atoms with Gasteiger partial charge in [0.15, 0.2) is 15.5 Å². The fourth-order valence-electron chi connectivity index (χ4n) is 5.98. The first-order valence-electron chi connectivity index (χ1n) is 13.3. The van der Waals surface area contributed by atoms with Crippen molar-refractivity contribution in [2.75, 3.05) is 59.0 Å². The zero-order valence-corrected chi connectivity index (χ0v) is 22.3. The summed E-state index contributed by atoms with van der Waals surface area (Å²) in [5, 5.41) is 4.79. The standard InChI is InChI=1S/C26H31F2N5O5S/c27-26(28)16-32(17-26)22(34)7-9-30-8-3-4-18(14-30)33-24-19-5-1-2-6-21(19)39(36,37)15-20(24)23(29-33)25(35)31-10-12-38-13-11-31/h1-2,5-6,18H,3-4,7-17H2. The van der Waals surface area contributed by atoms with Crippen molar-refractivity contribution in [1.82, 2.24) is 24.5 Å². The molecule has 0 aliphatic carbocycles. The van der Waals surface area contributed by atoms with E-state index in [1.165, 1.54) is 4.90 Å². The molecule has 10 nitrogen and oxygen atoms in total. The van der Waals surface area contributed by atoms with E-state index in [1.807, 2.05) is 4.68 Å². The molecule has 210 valence electrons. The first-order chi connectivity index (χ1) is 18.6. The summed E-state index contributed by atoms with van der Waals surface area (Å²) in [7, 11) is -3.66. The number of ether oxygens (including phenoxy) is 1. The van der Waals surface area contributed by atoms with Crippen molar-refractivity contribution in [3.05, 3.63) is 35.5 Å². The molecule has 0 spiro atoms. The minimum Gasteiger partial charge on any atom is -0.378 e. The molecule has 1 atom stereocenters. The fourth-order valence-corrected chi connectivity index (χ4v) is 7.57. The summed E-state index contributed by atoms with van der Waals surface area (Å²) in [4.78, 5) is 31.1. The van der Waals surface area contributed by atoms with Gasteiger partial charge in [-0.25, -0.2) is 17.2 Å². The average molecular weight is 564 g/mol. The van der Waals surface area contributed by atoms with Gasteiger partial charge in [0.25, 0.3) is 11.8 Å². The van der Waals surface area contributed by atoms with Crippen molar-refractivity contribution in [1.29, 1.82) is 0 Å². The SMILES string of the molecule is O=C(CCN1CCCC(n2nc(C(=O)N3CCOCC3)c3c2-c2ccccc2S(=O)(=O)C3)C1)N1CC(F)(F)C1. The smallest absolute Gasteiger partial charge is 0.282 e. The third-order valence-corrected chi connectivity index (χ3v) is 9.68. The largest absolute Gasteiger partial charge is 0.378 e. The van der Waals surface area contributed by atoms with Crippen LogP contribution in [0.2, 0.25) is 0 Å². The minimum atomic E-state index is -3.66. The van der Waals surface area contributed by atoms with Crippen molar-refractivity contribution >= 4 is 21.7 Å². The number of carbonyl (C=O) groups excluding carboxylic acids is 2. The monoisotopic (exact) mass is 563 g/mol. The number of morpholine rings is 1. The van der Waals surface area contributed by atoms with E-state index in [2.05, 4.69) is 4.90 Å². The van der Waals surface area contributed by atoms with E-state index < -0.39 is 28.8 Å². The summed E-state index contributed by atoms with van der Waals surface area (Å²) in [6.07, 6.45) is 1.75. The van der Waals surface area contributed by atoms with Crippen LogP contribution >= 0.6 is 0 Å². The highest BCUT2D eigenvalue weighted by molar-refractivity contribution is 7.90. The number of rotatable bonds is 5. The number of carbonyl (C=O) groups is 2. The second-order valence-electron chi connectivity index (χ2n) is 10.7. The number of hydrogen-bond donors (Lipinski definition) is 0. The number of piperidine rings is 1. The molecule has 4 aliphatic rings. The van der Waals surface area contributed by atoms with E-state index in [0.717, 1.165) is 19.4 Å². The van der Waals surface area contributed by atoms with Crippen LogP contribution in [-0.4, -0.2) is 110 Å². The normalized spacial score (nSPS) is 24.0. The Morgan fingerprint density at radius 2 is 1.82 bits per heavy atom. The number of benzene rings is 1. The predicted octanol–water partition coefficient (Wildman–Crippen LogP) is 1.81. The molecule has 5 heterocycles. The molecular weight excluding hydrogens is 532 g/mol. The number of aromatic nitrogens is 2. The third-order valence-electron chi connectivity index (χ3n) is 7.99. The molecule has 0 N–H and O–H groups in total. The maximum atomic E-state index is 13.6. The molecule has 1 aromatic heterocycles. The topological polar surface area (TPSA) is 105 Å². The molecule has 13 heteroatoms. The molecule has 1 aromatic carbocycles. The Hall–Kier alpha value is -2.90. The van der Waals surface area contributed by atoms with Crippen LogP contribution in [-0.2, 0) is 25.1 Å². The molecule has 0 bridgehead atoms. The second-order valence-corrected chi connectivity index (χ2v) is 12.7. The highest BCUT2D eigenvalue weighted by Gasteiger charge is 2.46. The number of amides is 2. The van der Waals surface area contributed by atoms with Crippen molar-refractivity contribution in [3.63, 3.8) is 0 Å². The Kier molecular flexibility index (Phi) is 6.71. The number of alkyl halides is 2. The lowest BCUT2D eigenvalue weighted by Crippen LogP contribution is -2.58. The number of fused-ring (bicyclic) bond motifs is 3. The highest BCUT2D eigenvalue weighted by atomic mass is 32.2. The molecule has 2 aromatic rings. The number of sulfone groups is 1. The van der Waals surface area contributed by atoms with Gasteiger partial charge in [-0.1, -0.05) is 18.2 Å². The van der Waals surface area contributed by atoms with Gasteiger partial charge in [-0.15, -0.1) is 0 Å². The number of likely N-dealkylation sites (tertiary alicyclic amines) is 2. The van der Waals surface area contributed by atoms with E-state index in [0.29, 0.717) is 56.2 Å². The predicted molar refractivity (Wildman–Crippen MR) is 136 cm³/mol. The van der Waals surface area contributed by atoms with E-state index in [-0.39, 0.29) is 40.6 Å². The molecule has 4 aliphatic heterocycles. The molecule has 39 heavy (non-hydrogen) atoms. The quantitative estimate of drug-likeness (QED) is 0.547. The van der Waals surface area contributed by atoms with Crippen LogP contribution in [0.15, 0.2) is 29.2 Å². The summed E-state index contributed by atoms with van der Waals surface area (Å²) in [5.41, 5.74) is 1.79. The van der Waals surface area contributed by atoms with E-state index in [9.17, 15) is 26.8 Å². The van der Waals surface area contributed by atoms with Gasteiger partial charge >= 0.3 is 0 Å². The summed E-state index contributed by atoms with van der Waals surface area (Å²) in [6.45, 7) is 2.38. The number of halogens is 2. The Bertz CT molecular complexity index is 1400. The van der Waals surface area contributed by atoms with Crippen molar-refractivity contribution in [2.24, 2.45) is 0 Å². The summed E-state index contributed by atoms with van der Waals surface area (Å²) in [6, 6.07) is 6.68. The Morgan fingerprint density at radius 1 is 1.08 bits per heavy atom. The lowest BCUT2D eigenvalue weighted by molar-refractivity contribution is -0.166. The average Bonchev–Trinajstić information content (AvgIpc) is 3.29. The van der Waals surface area contributed by atoms with Crippen LogP contribution < -0.4 is 0 Å². The van der Waals surface area contributed by atoms with Crippen LogP contribution in [0.1, 0.15) is 41.4 Å². The van der Waals surface area contributed by atoms with Crippen molar-refractivity contribution in [2.45, 2.75) is 41.9 Å². The van der Waals surface area contributed by atoms with Gasteiger partial charge in [-0.3, -0.25) is 14.3 Å². The Balaban J connectivity index is 1.29. The first kappa shape index (κ1) is 26.3. The maximum Gasteiger partial charge on any atom is 0.282 e. The van der Waals surface area contributed by atoms with Gasteiger partial charge in [0, 0.05) is 43.7 Å². The lowest BCUT2D eigenvalue weighted by atomic mass is 10.0. The highest BCUT2D eigenvalue weighted by Crippen LogP contribution is 2.42. The Labute approximate surface area is 225 Å². The van der Waals surface area contributed by atoms with Gasteiger partial charge < -0.3 is 19.4 Å². The van der Waals surface area contributed by atoms with Gasteiger partial charge in [0.1, 0.15) is 0 Å². The molecule has 6 rings (SSSR count). The molecule has 3 fully saturated rings. The van der Waals surface area contributed by atoms with E-state index in [4.69, 9.17) is 9.84 Å². The van der Waals surface area contributed by atoms with Crippen LogP contribution in [0.4, 0.5) is 8.78 Å². The molecule has 2 amide bonds. The lowest BCUT2D eigenvalue weighted by Gasteiger charge is -2.39. The number of nitrogens with zero attached hydrogens (tertiary/aromatic N) is 5. The maximum absolute atomic E-state index is 13.6. The zero-order valence-electron chi connectivity index (χ0n) is 21.5. The Morgan fingerprint density at radius 3 is 2.56 bits per heavy atom. The van der Waals surface area contributed by atoms with Gasteiger partial charge in [-0.05, 0) is 25.5 Å². The second kappa shape index (κ2) is 9.93. The number of hydrogen-bond acceptors (Lipinski definition) is 7. The van der Waals surface area contributed by atoms with Gasteiger partial charge in [-0.2, -0.15) is 5.10 Å². The summed E-state index contributed by atoms with van der Waals surface area (Å²) in [5.74, 6) is -3.66. The molecule has 1 unspecified atom stereocenters.